The Morgan fingerprint density at radius 3 is 1.68 bits per heavy atom. The zero-order valence-corrected chi connectivity index (χ0v) is 21.7. The lowest BCUT2D eigenvalue weighted by molar-refractivity contribution is 0.152. The van der Waals surface area contributed by atoms with Gasteiger partial charge in [0.05, 0.1) is 17.7 Å². The third-order valence-electron chi connectivity index (χ3n) is 5.16. The number of carbonyl (C=O) groups is 3. The lowest BCUT2D eigenvalue weighted by Crippen LogP contribution is -2.39. The maximum atomic E-state index is 13.6. The fraction of sp³-hybridized carbons (Fsp3) is 0.0357. The van der Waals surface area contributed by atoms with Crippen molar-refractivity contribution in [2.45, 2.75) is 4.90 Å². The van der Waals surface area contributed by atoms with Gasteiger partial charge in [0.1, 0.15) is 17.2 Å². The number of ether oxygens (including phenoxy) is 4. The molecule has 4 rings (SSSR count). The lowest BCUT2D eigenvalue weighted by Gasteiger charge is -2.22. The molecule has 4 aromatic rings. The average molecular weight is 563 g/mol. The third kappa shape index (κ3) is 6.94. The first kappa shape index (κ1) is 27.7. The summed E-state index contributed by atoms with van der Waals surface area (Å²) in [5, 5.41) is 2.41. The van der Waals surface area contributed by atoms with Crippen LogP contribution in [0, 0.1) is 0 Å². The first-order chi connectivity index (χ1) is 19.3. The number of rotatable bonds is 7. The van der Waals surface area contributed by atoms with Crippen LogP contribution >= 0.6 is 0 Å². The highest BCUT2D eigenvalue weighted by atomic mass is 32.2. The molecule has 4 aromatic carbocycles. The lowest BCUT2D eigenvalue weighted by atomic mass is 10.3. The van der Waals surface area contributed by atoms with Crippen molar-refractivity contribution in [3.63, 3.8) is 0 Å². The van der Waals surface area contributed by atoms with E-state index in [1.807, 2.05) is 0 Å². The quantitative estimate of drug-likeness (QED) is 0.218. The van der Waals surface area contributed by atoms with E-state index in [1.165, 1.54) is 67.8 Å². The van der Waals surface area contributed by atoms with Gasteiger partial charge in [-0.25, -0.2) is 22.8 Å². The highest BCUT2D eigenvalue weighted by Gasteiger charge is 2.33. The number of carbonyl (C=O) groups excluding carboxylic acids is 3. The Labute approximate surface area is 229 Å². The molecule has 0 aliphatic rings. The molecule has 0 unspecified atom stereocenters. The van der Waals surface area contributed by atoms with E-state index in [0.717, 1.165) is 0 Å². The van der Waals surface area contributed by atoms with E-state index in [-0.39, 0.29) is 33.5 Å². The van der Waals surface area contributed by atoms with Gasteiger partial charge in [0.2, 0.25) is 0 Å². The van der Waals surface area contributed by atoms with Crippen molar-refractivity contribution >= 4 is 39.7 Å². The number of amides is 2. The smallest absolute Gasteiger partial charge is 0.453 e. The van der Waals surface area contributed by atoms with Gasteiger partial charge < -0.3 is 18.9 Å². The Bertz CT molecular complexity index is 1580. The predicted octanol–water partition coefficient (Wildman–Crippen LogP) is 5.84. The Kier molecular flexibility index (Phi) is 8.62. The van der Waals surface area contributed by atoms with Gasteiger partial charge in [-0.05, 0) is 72.8 Å². The number of hydrogen-bond acceptors (Lipinski definition) is 9. The minimum Gasteiger partial charge on any atom is -0.453 e. The summed E-state index contributed by atoms with van der Waals surface area (Å²) in [4.78, 5) is 36.5. The van der Waals surface area contributed by atoms with Crippen LogP contribution < -0.4 is 23.8 Å². The summed E-state index contributed by atoms with van der Waals surface area (Å²) in [6, 6.07) is 26.4. The molecule has 0 radical (unpaired) electrons. The van der Waals surface area contributed by atoms with Crippen LogP contribution in [-0.2, 0) is 14.8 Å². The van der Waals surface area contributed by atoms with Gasteiger partial charge >= 0.3 is 18.3 Å². The fourth-order valence-electron chi connectivity index (χ4n) is 3.31. The number of benzene rings is 4. The Morgan fingerprint density at radius 2 is 1.15 bits per heavy atom. The van der Waals surface area contributed by atoms with Crippen LogP contribution in [0.25, 0.3) is 0 Å². The van der Waals surface area contributed by atoms with Crippen LogP contribution in [0.1, 0.15) is 0 Å². The highest BCUT2D eigenvalue weighted by molar-refractivity contribution is 7.93. The molecule has 11 nitrogen and oxygen atoms in total. The SMILES string of the molecule is COC(=O)Nc1ccc(S(=O)(=O)N(C(=O)Oc2ccccc2)c2ccc(OC(=O)Oc3ccccc3)cc2)cc1. The van der Waals surface area contributed by atoms with Crippen LogP contribution in [-0.4, -0.2) is 33.9 Å². The molecule has 1 N–H and O–H groups in total. The van der Waals surface area contributed by atoms with E-state index in [2.05, 4.69) is 10.1 Å². The van der Waals surface area contributed by atoms with E-state index in [4.69, 9.17) is 14.2 Å². The van der Waals surface area contributed by atoms with Crippen LogP contribution in [0.5, 0.6) is 17.2 Å². The van der Waals surface area contributed by atoms with Crippen molar-refractivity contribution in [1.82, 2.24) is 0 Å². The van der Waals surface area contributed by atoms with E-state index >= 15 is 0 Å². The summed E-state index contributed by atoms with van der Waals surface area (Å²) in [6.07, 6.45) is -2.95. The largest absolute Gasteiger partial charge is 0.519 e. The van der Waals surface area contributed by atoms with Crippen LogP contribution in [0.15, 0.2) is 114 Å². The minimum absolute atomic E-state index is 0.0386. The standard InChI is InChI=1S/C28H22N2O9S/c1-36-26(31)29-20-12-18-25(19-13-20)40(34,35)30(27(32)37-22-8-4-2-5-9-22)21-14-16-24(17-15-21)39-28(33)38-23-10-6-3-7-11-23/h2-19H,1H3,(H,29,31). The zero-order valence-electron chi connectivity index (χ0n) is 20.9. The summed E-state index contributed by atoms with van der Waals surface area (Å²) in [7, 11) is -3.33. The van der Waals surface area contributed by atoms with E-state index in [0.29, 0.717) is 4.31 Å². The molecule has 0 spiro atoms. The molecule has 0 atom stereocenters. The number of hydrogen-bond donors (Lipinski definition) is 1. The van der Waals surface area contributed by atoms with Crippen molar-refractivity contribution in [2.24, 2.45) is 0 Å². The van der Waals surface area contributed by atoms with Gasteiger partial charge in [0.15, 0.2) is 0 Å². The normalized spacial score (nSPS) is 10.6. The molecule has 2 amide bonds. The van der Waals surface area contributed by atoms with Crippen LogP contribution in [0.3, 0.4) is 0 Å². The summed E-state index contributed by atoms with van der Waals surface area (Å²) >= 11 is 0. The van der Waals surface area contributed by atoms with Crippen molar-refractivity contribution in [1.29, 1.82) is 0 Å². The molecular formula is C28H22N2O9S. The van der Waals surface area contributed by atoms with E-state index in [9.17, 15) is 22.8 Å². The van der Waals surface area contributed by atoms with Gasteiger partial charge in [-0.2, -0.15) is 4.31 Å². The summed E-state index contributed by atoms with van der Waals surface area (Å²) < 4.78 is 47.8. The Morgan fingerprint density at radius 1 is 0.650 bits per heavy atom. The summed E-state index contributed by atoms with van der Waals surface area (Å²) in [5.41, 5.74) is 0.176. The number of para-hydroxylation sites is 2. The first-order valence-electron chi connectivity index (χ1n) is 11.6. The molecule has 0 aromatic heterocycles. The van der Waals surface area contributed by atoms with Crippen molar-refractivity contribution < 1.29 is 41.7 Å². The maximum Gasteiger partial charge on any atom is 0.519 e. The molecule has 12 heteroatoms. The minimum atomic E-state index is -4.52. The molecule has 0 aliphatic heterocycles. The second-order valence-electron chi connectivity index (χ2n) is 7.85. The molecular weight excluding hydrogens is 540 g/mol. The van der Waals surface area contributed by atoms with Crippen LogP contribution in [0.2, 0.25) is 0 Å². The summed E-state index contributed by atoms with van der Waals surface area (Å²) in [5.74, 6) is 0.434. The van der Waals surface area contributed by atoms with Gasteiger partial charge in [0.25, 0.3) is 10.0 Å². The number of sulfonamides is 1. The number of methoxy groups -OCH3 is 1. The average Bonchev–Trinajstić information content (AvgIpc) is 2.95. The number of anilines is 2. The van der Waals surface area contributed by atoms with Gasteiger partial charge in [-0.1, -0.05) is 36.4 Å². The van der Waals surface area contributed by atoms with Crippen molar-refractivity contribution in [2.75, 3.05) is 16.7 Å². The monoisotopic (exact) mass is 562 g/mol. The van der Waals surface area contributed by atoms with E-state index in [1.54, 1.807) is 48.5 Å². The van der Waals surface area contributed by atoms with Gasteiger partial charge in [0, 0.05) is 5.69 Å². The predicted molar refractivity (Wildman–Crippen MR) is 144 cm³/mol. The topological polar surface area (TPSA) is 138 Å². The molecule has 40 heavy (non-hydrogen) atoms. The Balaban J connectivity index is 1.60. The molecule has 204 valence electrons. The second-order valence-corrected chi connectivity index (χ2v) is 9.64. The molecule has 0 saturated carbocycles. The molecule has 0 heterocycles. The summed E-state index contributed by atoms with van der Waals surface area (Å²) in [6.45, 7) is 0. The molecule has 0 saturated heterocycles. The fourth-order valence-corrected chi connectivity index (χ4v) is 4.63. The highest BCUT2D eigenvalue weighted by Crippen LogP contribution is 2.28. The Hall–Kier alpha value is -5.36. The molecule has 0 fully saturated rings. The first-order valence-corrected chi connectivity index (χ1v) is 13.0. The van der Waals surface area contributed by atoms with E-state index < -0.39 is 28.4 Å². The maximum absolute atomic E-state index is 13.6. The third-order valence-corrected chi connectivity index (χ3v) is 6.86. The number of nitrogens with one attached hydrogen (secondary N) is 1. The molecule has 0 aliphatic carbocycles. The van der Waals surface area contributed by atoms with Crippen molar-refractivity contribution in [3.05, 3.63) is 109 Å². The zero-order chi connectivity index (χ0) is 28.5. The second kappa shape index (κ2) is 12.5. The van der Waals surface area contributed by atoms with Crippen LogP contribution in [0.4, 0.5) is 25.8 Å². The van der Waals surface area contributed by atoms with Gasteiger partial charge in [-0.15, -0.1) is 0 Å². The van der Waals surface area contributed by atoms with Gasteiger partial charge in [-0.3, -0.25) is 5.32 Å². The molecule has 0 bridgehead atoms. The van der Waals surface area contributed by atoms with Crippen molar-refractivity contribution in [3.8, 4) is 17.2 Å². The number of nitrogens with zero attached hydrogens (tertiary/aromatic N) is 1.